The first-order valence-electron chi connectivity index (χ1n) is 4.36. The van der Waals surface area contributed by atoms with Gasteiger partial charge in [0.2, 0.25) is 0 Å². The van der Waals surface area contributed by atoms with E-state index in [0.717, 1.165) is 23.4 Å². The predicted molar refractivity (Wildman–Crippen MR) is 54.3 cm³/mol. The fourth-order valence-electron chi connectivity index (χ4n) is 1.14. The summed E-state index contributed by atoms with van der Waals surface area (Å²) in [7, 11) is 0. The van der Waals surface area contributed by atoms with Crippen molar-refractivity contribution < 1.29 is 0 Å². The van der Waals surface area contributed by atoms with Crippen molar-refractivity contribution >= 4 is 0 Å². The summed E-state index contributed by atoms with van der Waals surface area (Å²) < 4.78 is 0. The van der Waals surface area contributed by atoms with Crippen molar-refractivity contribution in [3.05, 3.63) is 29.1 Å². The number of hydrogen-bond acceptors (Lipinski definition) is 2. The van der Waals surface area contributed by atoms with Gasteiger partial charge in [0.25, 0.3) is 0 Å². The Hall–Kier alpha value is -1.33. The Bertz CT molecular complexity index is 325. The fourth-order valence-corrected chi connectivity index (χ4v) is 1.14. The van der Waals surface area contributed by atoms with E-state index in [1.54, 1.807) is 0 Å². The summed E-state index contributed by atoms with van der Waals surface area (Å²) in [5, 5.41) is 0. The van der Waals surface area contributed by atoms with Gasteiger partial charge in [0, 0.05) is 29.9 Å². The molecule has 0 unspecified atom stereocenters. The quantitative estimate of drug-likeness (QED) is 0.653. The summed E-state index contributed by atoms with van der Waals surface area (Å²) in [4.78, 5) is 4.27. The molecule has 2 nitrogen and oxygen atoms in total. The van der Waals surface area contributed by atoms with Crippen molar-refractivity contribution in [1.29, 1.82) is 0 Å². The van der Waals surface area contributed by atoms with Gasteiger partial charge >= 0.3 is 0 Å². The molecular weight excluding hydrogens is 160 g/mol. The Morgan fingerprint density at radius 1 is 1.31 bits per heavy atom. The molecule has 0 saturated heterocycles. The molecule has 68 valence electrons. The Balaban J connectivity index is 2.85. The van der Waals surface area contributed by atoms with Crippen molar-refractivity contribution in [3.8, 4) is 11.8 Å². The second kappa shape index (κ2) is 4.64. The van der Waals surface area contributed by atoms with Crippen LogP contribution < -0.4 is 5.73 Å². The van der Waals surface area contributed by atoms with Crippen LogP contribution in [0.2, 0.25) is 0 Å². The van der Waals surface area contributed by atoms with E-state index >= 15 is 0 Å². The molecule has 0 spiro atoms. The minimum Gasteiger partial charge on any atom is -0.330 e. The van der Waals surface area contributed by atoms with Crippen LogP contribution >= 0.6 is 0 Å². The molecule has 0 fully saturated rings. The zero-order chi connectivity index (χ0) is 9.68. The lowest BCUT2D eigenvalue weighted by Gasteiger charge is -1.96. The normalized spacial score (nSPS) is 9.15. The maximum Gasteiger partial charge on any atom is 0.0388 e. The number of nitrogens with two attached hydrogens (primary N) is 1. The van der Waals surface area contributed by atoms with Crippen molar-refractivity contribution in [2.24, 2.45) is 5.73 Å². The molecule has 1 aromatic rings. The molecule has 0 radical (unpaired) electrons. The molecular formula is C11H14N2. The third-order valence-electron chi connectivity index (χ3n) is 1.58. The maximum absolute atomic E-state index is 5.34. The second-order valence-corrected chi connectivity index (χ2v) is 2.98. The van der Waals surface area contributed by atoms with E-state index in [4.69, 9.17) is 5.73 Å². The average Bonchev–Trinajstić information content (AvgIpc) is 2.03. The first-order chi connectivity index (χ1) is 6.22. The smallest absolute Gasteiger partial charge is 0.0388 e. The van der Waals surface area contributed by atoms with Crippen LogP contribution in [0.15, 0.2) is 12.1 Å². The second-order valence-electron chi connectivity index (χ2n) is 2.98. The zero-order valence-electron chi connectivity index (χ0n) is 8.09. The Labute approximate surface area is 79.2 Å². The Kier molecular flexibility index (Phi) is 3.48. The molecule has 1 heterocycles. The van der Waals surface area contributed by atoms with Gasteiger partial charge in [-0.3, -0.25) is 4.98 Å². The van der Waals surface area contributed by atoms with Gasteiger partial charge in [-0.05, 0) is 26.0 Å². The third kappa shape index (κ3) is 3.27. The molecule has 0 saturated carbocycles. The number of aromatic nitrogens is 1. The lowest BCUT2D eigenvalue weighted by Crippen LogP contribution is -1.95. The highest BCUT2D eigenvalue weighted by molar-refractivity contribution is 5.36. The van der Waals surface area contributed by atoms with E-state index in [-0.39, 0.29) is 0 Å². The summed E-state index contributed by atoms with van der Waals surface area (Å²) in [6, 6.07) is 3.97. The molecule has 2 N–H and O–H groups in total. The van der Waals surface area contributed by atoms with Gasteiger partial charge in [0.05, 0.1) is 0 Å². The number of hydrogen-bond donors (Lipinski definition) is 1. The van der Waals surface area contributed by atoms with Crippen molar-refractivity contribution in [1.82, 2.24) is 4.98 Å². The lowest BCUT2D eigenvalue weighted by atomic mass is 10.2. The number of nitrogens with zero attached hydrogens (tertiary/aromatic N) is 1. The minimum atomic E-state index is 0.621. The van der Waals surface area contributed by atoms with Gasteiger partial charge in [-0.25, -0.2) is 0 Å². The van der Waals surface area contributed by atoms with Crippen LogP contribution in [-0.2, 0) is 0 Å². The van der Waals surface area contributed by atoms with E-state index in [0.29, 0.717) is 6.54 Å². The van der Waals surface area contributed by atoms with E-state index < -0.39 is 0 Å². The minimum absolute atomic E-state index is 0.621. The SMILES string of the molecule is Cc1cc(C#CCCN)cc(C)n1. The summed E-state index contributed by atoms with van der Waals surface area (Å²) in [6.45, 7) is 4.57. The van der Waals surface area contributed by atoms with Crippen molar-refractivity contribution in [2.45, 2.75) is 20.3 Å². The molecule has 0 aliphatic heterocycles. The highest BCUT2D eigenvalue weighted by Crippen LogP contribution is 2.02. The maximum atomic E-state index is 5.34. The summed E-state index contributed by atoms with van der Waals surface area (Å²) in [6.07, 6.45) is 0.750. The zero-order valence-corrected chi connectivity index (χ0v) is 8.09. The van der Waals surface area contributed by atoms with Crippen LogP contribution in [0.25, 0.3) is 0 Å². The number of aryl methyl sites for hydroxylation is 2. The van der Waals surface area contributed by atoms with Gasteiger partial charge < -0.3 is 5.73 Å². The van der Waals surface area contributed by atoms with Crippen LogP contribution in [0.4, 0.5) is 0 Å². The first kappa shape index (κ1) is 9.76. The highest BCUT2D eigenvalue weighted by atomic mass is 14.7. The number of rotatable bonds is 1. The van der Waals surface area contributed by atoms with Crippen LogP contribution in [0.5, 0.6) is 0 Å². The highest BCUT2D eigenvalue weighted by Gasteiger charge is 1.92. The fraction of sp³-hybridized carbons (Fsp3) is 0.364. The number of pyridine rings is 1. The summed E-state index contributed by atoms with van der Waals surface area (Å²) >= 11 is 0. The van der Waals surface area contributed by atoms with E-state index in [2.05, 4.69) is 16.8 Å². The molecule has 0 amide bonds. The third-order valence-corrected chi connectivity index (χ3v) is 1.58. The topological polar surface area (TPSA) is 38.9 Å². The van der Waals surface area contributed by atoms with Crippen LogP contribution in [0.3, 0.4) is 0 Å². The molecule has 0 atom stereocenters. The standard InChI is InChI=1S/C11H14N2/c1-9-7-11(5-3-4-6-12)8-10(2)13-9/h7-8H,4,6,12H2,1-2H3. The molecule has 0 aliphatic carbocycles. The largest absolute Gasteiger partial charge is 0.330 e. The van der Waals surface area contributed by atoms with Gasteiger partial charge in [-0.1, -0.05) is 11.8 Å². The lowest BCUT2D eigenvalue weighted by molar-refractivity contribution is 1.03. The van der Waals surface area contributed by atoms with E-state index in [1.807, 2.05) is 26.0 Å². The van der Waals surface area contributed by atoms with Gasteiger partial charge in [0.15, 0.2) is 0 Å². The van der Waals surface area contributed by atoms with Crippen LogP contribution in [-0.4, -0.2) is 11.5 Å². The Morgan fingerprint density at radius 3 is 2.46 bits per heavy atom. The molecule has 13 heavy (non-hydrogen) atoms. The summed E-state index contributed by atoms with van der Waals surface area (Å²) in [5.74, 6) is 6.06. The Morgan fingerprint density at radius 2 is 1.92 bits per heavy atom. The van der Waals surface area contributed by atoms with Gasteiger partial charge in [0.1, 0.15) is 0 Å². The molecule has 1 rings (SSSR count). The predicted octanol–water partition coefficient (Wildman–Crippen LogP) is 1.40. The van der Waals surface area contributed by atoms with E-state index in [1.165, 1.54) is 0 Å². The molecule has 0 aliphatic rings. The monoisotopic (exact) mass is 174 g/mol. The van der Waals surface area contributed by atoms with Crippen molar-refractivity contribution in [2.75, 3.05) is 6.54 Å². The average molecular weight is 174 g/mol. The molecule has 1 aromatic heterocycles. The van der Waals surface area contributed by atoms with Crippen molar-refractivity contribution in [3.63, 3.8) is 0 Å². The van der Waals surface area contributed by atoms with Gasteiger partial charge in [-0.2, -0.15) is 0 Å². The van der Waals surface area contributed by atoms with Gasteiger partial charge in [-0.15, -0.1) is 0 Å². The molecule has 2 heteroatoms. The first-order valence-corrected chi connectivity index (χ1v) is 4.36. The summed E-state index contributed by atoms with van der Waals surface area (Å²) in [5.41, 5.74) is 8.39. The van der Waals surface area contributed by atoms with E-state index in [9.17, 15) is 0 Å². The molecule has 0 bridgehead atoms. The van der Waals surface area contributed by atoms with Crippen LogP contribution in [0.1, 0.15) is 23.4 Å². The molecule has 0 aromatic carbocycles. The van der Waals surface area contributed by atoms with Crippen LogP contribution in [0, 0.1) is 25.7 Å².